The molecule has 0 spiro atoms. The first-order chi connectivity index (χ1) is 11.0. The van der Waals surface area contributed by atoms with Crippen molar-refractivity contribution in [2.75, 3.05) is 29.0 Å². The lowest BCUT2D eigenvalue weighted by Gasteiger charge is -2.15. The molecule has 0 aliphatic carbocycles. The Hall–Kier alpha value is -2.15. The Morgan fingerprint density at radius 2 is 2.00 bits per heavy atom. The molecule has 0 radical (unpaired) electrons. The van der Waals surface area contributed by atoms with Gasteiger partial charge >= 0.3 is 0 Å². The van der Waals surface area contributed by atoms with Crippen molar-refractivity contribution in [2.24, 2.45) is 0 Å². The zero-order valence-corrected chi connectivity index (χ0v) is 14.4. The summed E-state index contributed by atoms with van der Waals surface area (Å²) in [5.74, 6) is 0.492. The van der Waals surface area contributed by atoms with Gasteiger partial charge in [0, 0.05) is 17.6 Å². The molecule has 2 heterocycles. The number of rotatable bonds is 3. The first kappa shape index (κ1) is 15.7. The van der Waals surface area contributed by atoms with E-state index in [2.05, 4.69) is 36.3 Å². The molecule has 7 heteroatoms. The average Bonchev–Trinajstić information content (AvgIpc) is 3.06. The summed E-state index contributed by atoms with van der Waals surface area (Å²) in [6, 6.07) is 7.20. The molecule has 0 atom stereocenters. The highest BCUT2D eigenvalue weighted by Crippen LogP contribution is 2.27. The van der Waals surface area contributed by atoms with Crippen molar-refractivity contribution >= 4 is 39.0 Å². The largest absolute Gasteiger partial charge is 0.397 e. The lowest BCUT2D eigenvalue weighted by atomic mass is 10.1. The van der Waals surface area contributed by atoms with Crippen LogP contribution in [0.5, 0.6) is 0 Å². The molecule has 0 saturated carbocycles. The minimum atomic E-state index is -0.324. The van der Waals surface area contributed by atoms with E-state index in [0.717, 1.165) is 28.9 Å². The smallest absolute Gasteiger partial charge is 0.276 e. The van der Waals surface area contributed by atoms with Crippen LogP contribution < -0.4 is 16.0 Å². The summed E-state index contributed by atoms with van der Waals surface area (Å²) in [5.41, 5.74) is 8.28. The van der Waals surface area contributed by atoms with E-state index in [9.17, 15) is 4.79 Å². The summed E-state index contributed by atoms with van der Waals surface area (Å²) < 4.78 is 0.856. The highest BCUT2D eigenvalue weighted by molar-refractivity contribution is 9.10. The normalized spacial score (nSPS) is 14.1. The van der Waals surface area contributed by atoms with Gasteiger partial charge in [-0.15, -0.1) is 10.2 Å². The summed E-state index contributed by atoms with van der Waals surface area (Å²) in [6.07, 6.45) is 2.34. The second-order valence-electron chi connectivity index (χ2n) is 5.61. The van der Waals surface area contributed by atoms with Gasteiger partial charge in [0.25, 0.3) is 5.91 Å². The monoisotopic (exact) mass is 375 g/mol. The predicted octanol–water partition coefficient (Wildman–Crippen LogP) is 2.98. The van der Waals surface area contributed by atoms with Gasteiger partial charge in [-0.1, -0.05) is 15.9 Å². The number of carbonyl (C=O) groups is 1. The summed E-state index contributed by atoms with van der Waals surface area (Å²) in [5, 5.41) is 11.0. The summed E-state index contributed by atoms with van der Waals surface area (Å²) in [4.78, 5) is 14.5. The first-order valence-corrected chi connectivity index (χ1v) is 8.29. The van der Waals surface area contributed by atoms with E-state index in [1.54, 1.807) is 12.1 Å². The van der Waals surface area contributed by atoms with E-state index in [-0.39, 0.29) is 11.6 Å². The SMILES string of the molecule is Cc1cc(Br)cc(NC(=O)c2ccc(N3CCCC3)nn2)c1N. The van der Waals surface area contributed by atoms with Gasteiger partial charge in [0.15, 0.2) is 11.5 Å². The predicted molar refractivity (Wildman–Crippen MR) is 94.7 cm³/mol. The van der Waals surface area contributed by atoms with E-state index < -0.39 is 0 Å². The molecule has 1 aromatic carbocycles. The van der Waals surface area contributed by atoms with Crippen molar-refractivity contribution < 1.29 is 4.79 Å². The van der Waals surface area contributed by atoms with E-state index in [1.165, 1.54) is 12.8 Å². The van der Waals surface area contributed by atoms with Gasteiger partial charge < -0.3 is 16.0 Å². The Morgan fingerprint density at radius 1 is 1.26 bits per heavy atom. The zero-order chi connectivity index (χ0) is 16.4. The Labute approximate surface area is 143 Å². The Bertz CT molecular complexity index is 726. The molecule has 23 heavy (non-hydrogen) atoms. The third kappa shape index (κ3) is 3.44. The Kier molecular flexibility index (Phi) is 4.47. The fraction of sp³-hybridized carbons (Fsp3) is 0.312. The standard InChI is InChI=1S/C16H18BrN5O/c1-10-8-11(17)9-13(15(10)18)19-16(23)12-4-5-14(21-20-12)22-6-2-3-7-22/h4-5,8-9H,2-3,6-7,18H2,1H3,(H,19,23). The molecule has 1 aromatic heterocycles. The molecular formula is C16H18BrN5O. The number of halogens is 1. The minimum absolute atomic E-state index is 0.268. The van der Waals surface area contributed by atoms with Crippen molar-refractivity contribution in [1.29, 1.82) is 0 Å². The molecule has 6 nitrogen and oxygen atoms in total. The molecule has 1 saturated heterocycles. The number of aryl methyl sites for hydroxylation is 1. The zero-order valence-electron chi connectivity index (χ0n) is 12.8. The second kappa shape index (κ2) is 6.54. The average molecular weight is 376 g/mol. The van der Waals surface area contributed by atoms with Gasteiger partial charge in [-0.2, -0.15) is 0 Å². The van der Waals surface area contributed by atoms with Crippen LogP contribution >= 0.6 is 15.9 Å². The van der Waals surface area contributed by atoms with Gasteiger partial charge in [0.1, 0.15) is 0 Å². The van der Waals surface area contributed by atoms with Crippen LogP contribution in [0.15, 0.2) is 28.7 Å². The topological polar surface area (TPSA) is 84.1 Å². The number of carbonyl (C=O) groups excluding carboxylic acids is 1. The van der Waals surface area contributed by atoms with Crippen molar-refractivity contribution in [1.82, 2.24) is 10.2 Å². The van der Waals surface area contributed by atoms with Crippen LogP contribution in [0.3, 0.4) is 0 Å². The quantitative estimate of drug-likeness (QED) is 0.805. The fourth-order valence-corrected chi connectivity index (χ4v) is 3.18. The van der Waals surface area contributed by atoms with Gasteiger partial charge in [0.2, 0.25) is 0 Å². The lowest BCUT2D eigenvalue weighted by molar-refractivity contribution is 0.102. The van der Waals surface area contributed by atoms with Gasteiger partial charge in [0.05, 0.1) is 11.4 Å². The molecule has 0 unspecified atom stereocenters. The number of hydrogen-bond donors (Lipinski definition) is 2. The van der Waals surface area contributed by atoms with Crippen LogP contribution in [0.1, 0.15) is 28.9 Å². The number of nitrogen functional groups attached to an aromatic ring is 1. The number of hydrogen-bond acceptors (Lipinski definition) is 5. The molecule has 3 N–H and O–H groups in total. The molecule has 1 amide bonds. The molecule has 2 aromatic rings. The Morgan fingerprint density at radius 3 is 2.65 bits per heavy atom. The number of aromatic nitrogens is 2. The molecular weight excluding hydrogens is 358 g/mol. The van der Waals surface area contributed by atoms with Crippen LogP contribution in [0.25, 0.3) is 0 Å². The van der Waals surface area contributed by atoms with Crippen molar-refractivity contribution in [3.63, 3.8) is 0 Å². The second-order valence-corrected chi connectivity index (χ2v) is 6.52. The minimum Gasteiger partial charge on any atom is -0.397 e. The van der Waals surface area contributed by atoms with Gasteiger partial charge in [-0.05, 0) is 49.6 Å². The number of benzene rings is 1. The van der Waals surface area contributed by atoms with Gasteiger partial charge in [-0.3, -0.25) is 4.79 Å². The molecule has 3 rings (SSSR count). The third-order valence-corrected chi connectivity index (χ3v) is 4.37. The van der Waals surface area contributed by atoms with E-state index in [1.807, 2.05) is 19.1 Å². The van der Waals surface area contributed by atoms with E-state index >= 15 is 0 Å². The fourth-order valence-electron chi connectivity index (χ4n) is 2.61. The summed E-state index contributed by atoms with van der Waals surface area (Å²) >= 11 is 3.40. The van der Waals surface area contributed by atoms with Crippen LogP contribution in [0, 0.1) is 6.92 Å². The number of nitrogens with two attached hydrogens (primary N) is 1. The molecule has 120 valence electrons. The third-order valence-electron chi connectivity index (χ3n) is 3.91. The number of nitrogens with zero attached hydrogens (tertiary/aromatic N) is 3. The molecule has 0 bridgehead atoms. The van der Waals surface area contributed by atoms with E-state index in [0.29, 0.717) is 11.4 Å². The molecule has 1 fully saturated rings. The first-order valence-electron chi connectivity index (χ1n) is 7.50. The van der Waals surface area contributed by atoms with Crippen LogP contribution in [-0.4, -0.2) is 29.2 Å². The highest BCUT2D eigenvalue weighted by atomic mass is 79.9. The van der Waals surface area contributed by atoms with Crippen LogP contribution in [0.2, 0.25) is 0 Å². The number of nitrogens with one attached hydrogen (secondary N) is 1. The maximum absolute atomic E-state index is 12.3. The summed E-state index contributed by atoms with van der Waals surface area (Å²) in [7, 11) is 0. The Balaban J connectivity index is 1.76. The van der Waals surface area contributed by atoms with Crippen LogP contribution in [-0.2, 0) is 0 Å². The highest BCUT2D eigenvalue weighted by Gasteiger charge is 2.16. The van der Waals surface area contributed by atoms with Crippen molar-refractivity contribution in [3.05, 3.63) is 40.0 Å². The van der Waals surface area contributed by atoms with Crippen molar-refractivity contribution in [3.8, 4) is 0 Å². The van der Waals surface area contributed by atoms with Gasteiger partial charge in [-0.25, -0.2) is 0 Å². The van der Waals surface area contributed by atoms with Crippen molar-refractivity contribution in [2.45, 2.75) is 19.8 Å². The lowest BCUT2D eigenvalue weighted by Crippen LogP contribution is -2.21. The van der Waals surface area contributed by atoms with Crippen LogP contribution in [0.4, 0.5) is 17.2 Å². The maximum atomic E-state index is 12.3. The van der Waals surface area contributed by atoms with E-state index in [4.69, 9.17) is 5.73 Å². The maximum Gasteiger partial charge on any atom is 0.276 e. The number of amides is 1. The molecule has 1 aliphatic heterocycles. The number of anilines is 3. The summed E-state index contributed by atoms with van der Waals surface area (Å²) in [6.45, 7) is 3.88. The molecule has 1 aliphatic rings.